The molecule has 0 heterocycles. The lowest BCUT2D eigenvalue weighted by Crippen LogP contribution is -2.65. The molecule has 0 aliphatic heterocycles. The molecule has 0 aromatic heterocycles. The van der Waals surface area contributed by atoms with Crippen LogP contribution in [-0.2, 0) is 27.2 Å². The highest BCUT2D eigenvalue weighted by atomic mass is 16.3. The van der Waals surface area contributed by atoms with Crippen molar-refractivity contribution in [2.24, 2.45) is 17.6 Å². The first-order valence-corrected chi connectivity index (χ1v) is 11.5. The number of fused-ring (bicyclic) bond motifs is 3. The summed E-state index contributed by atoms with van der Waals surface area (Å²) in [6, 6.07) is 2.15. The van der Waals surface area contributed by atoms with Gasteiger partial charge in [0.25, 0.3) is 5.91 Å². The third-order valence-electron chi connectivity index (χ3n) is 7.53. The maximum absolute atomic E-state index is 13.8. The second-order valence-corrected chi connectivity index (χ2v) is 10.1. The number of amides is 1. The quantitative estimate of drug-likeness (QED) is 0.363. The van der Waals surface area contributed by atoms with Gasteiger partial charge in [0, 0.05) is 18.0 Å². The van der Waals surface area contributed by atoms with Crippen molar-refractivity contribution in [3.63, 3.8) is 0 Å². The molecular weight excluding hydrogens is 454 g/mol. The highest BCUT2D eigenvalue weighted by molar-refractivity contribution is 6.24. The third kappa shape index (κ3) is 3.55. The first-order valence-electron chi connectivity index (χ1n) is 11.5. The zero-order valence-electron chi connectivity index (χ0n) is 20.2. The maximum atomic E-state index is 13.8. The molecule has 10 heteroatoms. The molecule has 4 atom stereocenters. The number of phenols is 1. The molecule has 10 nitrogen and oxygen atoms in total. The average molecular weight is 486 g/mol. The zero-order valence-corrected chi connectivity index (χ0v) is 20.2. The lowest BCUT2D eigenvalue weighted by atomic mass is 9.57. The van der Waals surface area contributed by atoms with Gasteiger partial charge in [-0.25, -0.2) is 0 Å². The Morgan fingerprint density at radius 3 is 2.37 bits per heavy atom. The van der Waals surface area contributed by atoms with Crippen LogP contribution in [0.5, 0.6) is 5.75 Å². The molecular formula is C25H31N3O7. The monoisotopic (exact) mass is 485 g/mol. The van der Waals surface area contributed by atoms with Gasteiger partial charge in [-0.1, -0.05) is 6.07 Å². The van der Waals surface area contributed by atoms with Crippen LogP contribution in [0.3, 0.4) is 0 Å². The van der Waals surface area contributed by atoms with Crippen molar-refractivity contribution in [1.29, 1.82) is 0 Å². The third-order valence-corrected chi connectivity index (χ3v) is 7.53. The molecule has 6 N–H and O–H groups in total. The lowest BCUT2D eigenvalue weighted by Gasteiger charge is -2.50. The number of benzene rings is 1. The SMILES string of the molecule is CN(C)CCc1ccc(O)c2c1C[C@H]1C[C@H]3[C@H](N(C)C)C(=O)C(C(N)=O)=C(O)[C@@]3(O)C(=O)C1=C2O. The van der Waals surface area contributed by atoms with Crippen molar-refractivity contribution in [2.45, 2.75) is 30.9 Å². The molecule has 188 valence electrons. The number of nitrogens with zero attached hydrogens (tertiary/aromatic N) is 2. The second kappa shape index (κ2) is 8.47. The molecule has 0 bridgehead atoms. The Hall–Kier alpha value is -3.21. The summed E-state index contributed by atoms with van der Waals surface area (Å²) in [6.07, 6.45) is 1.02. The fraction of sp³-hybridized carbons (Fsp3) is 0.480. The summed E-state index contributed by atoms with van der Waals surface area (Å²) >= 11 is 0. The summed E-state index contributed by atoms with van der Waals surface area (Å²) in [7, 11) is 7.02. The summed E-state index contributed by atoms with van der Waals surface area (Å²) < 4.78 is 0. The van der Waals surface area contributed by atoms with Crippen molar-refractivity contribution in [3.8, 4) is 5.75 Å². The summed E-state index contributed by atoms with van der Waals surface area (Å²) in [5, 5.41) is 44.2. The molecule has 1 aromatic rings. The molecule has 3 aliphatic carbocycles. The van der Waals surface area contributed by atoms with Gasteiger partial charge in [0.15, 0.2) is 11.4 Å². The largest absolute Gasteiger partial charge is 0.508 e. The summed E-state index contributed by atoms with van der Waals surface area (Å²) in [5.41, 5.74) is 3.48. The Bertz CT molecular complexity index is 1200. The van der Waals surface area contributed by atoms with E-state index >= 15 is 0 Å². The number of likely N-dealkylation sites (N-methyl/N-ethyl adjacent to an activating group) is 2. The highest BCUT2D eigenvalue weighted by Gasteiger charge is 2.64. The number of carbonyl (C=O) groups excluding carboxylic acids is 3. The molecule has 0 saturated heterocycles. The van der Waals surface area contributed by atoms with E-state index in [0.29, 0.717) is 18.4 Å². The topological polar surface area (TPSA) is 165 Å². The minimum atomic E-state index is -2.62. The van der Waals surface area contributed by atoms with Gasteiger partial charge in [-0.3, -0.25) is 19.3 Å². The molecule has 1 amide bonds. The van der Waals surface area contributed by atoms with Gasteiger partial charge >= 0.3 is 0 Å². The van der Waals surface area contributed by atoms with Crippen molar-refractivity contribution in [1.82, 2.24) is 9.80 Å². The van der Waals surface area contributed by atoms with E-state index in [9.17, 15) is 34.8 Å². The minimum Gasteiger partial charge on any atom is -0.508 e. The number of carbonyl (C=O) groups is 3. The number of phenolic OH excluding ortho intramolecular Hbond substituents is 1. The number of hydrogen-bond donors (Lipinski definition) is 5. The molecule has 0 radical (unpaired) electrons. The van der Waals surface area contributed by atoms with Gasteiger partial charge in [0.2, 0.25) is 5.78 Å². The highest BCUT2D eigenvalue weighted by Crippen LogP contribution is 2.52. The summed E-state index contributed by atoms with van der Waals surface area (Å²) in [4.78, 5) is 42.4. The van der Waals surface area contributed by atoms with Crippen molar-refractivity contribution < 1.29 is 34.8 Å². The molecule has 0 unspecified atom stereocenters. The molecule has 1 aromatic carbocycles. The number of nitrogens with two attached hydrogens (primary N) is 1. The van der Waals surface area contributed by atoms with E-state index in [1.165, 1.54) is 11.0 Å². The van der Waals surface area contributed by atoms with Crippen LogP contribution in [0.2, 0.25) is 0 Å². The Morgan fingerprint density at radius 2 is 1.80 bits per heavy atom. The predicted octanol–water partition coefficient (Wildman–Crippen LogP) is 0.0681. The van der Waals surface area contributed by atoms with E-state index in [4.69, 9.17) is 5.73 Å². The lowest BCUT2D eigenvalue weighted by molar-refractivity contribution is -0.153. The van der Waals surface area contributed by atoms with E-state index in [1.54, 1.807) is 20.2 Å². The molecule has 4 rings (SSSR count). The number of aliphatic hydroxyl groups is 3. The Balaban J connectivity index is 1.92. The zero-order chi connectivity index (χ0) is 26.0. The summed E-state index contributed by atoms with van der Waals surface area (Å²) in [5.74, 6) is -6.43. The number of hydrogen-bond acceptors (Lipinski definition) is 9. The number of ketones is 2. The van der Waals surface area contributed by atoms with Gasteiger partial charge in [-0.2, -0.15) is 0 Å². The number of aliphatic hydroxyl groups excluding tert-OH is 2. The van der Waals surface area contributed by atoms with Crippen LogP contribution < -0.4 is 5.73 Å². The molecule has 1 fully saturated rings. The van der Waals surface area contributed by atoms with Crippen LogP contribution in [0.1, 0.15) is 23.1 Å². The summed E-state index contributed by atoms with van der Waals surface area (Å²) in [6.45, 7) is 0.728. The molecule has 35 heavy (non-hydrogen) atoms. The van der Waals surface area contributed by atoms with Gasteiger partial charge in [0.05, 0.1) is 11.6 Å². The smallest absolute Gasteiger partial charge is 0.255 e. The average Bonchev–Trinajstić information content (AvgIpc) is 2.75. The number of aromatic hydroxyl groups is 1. The van der Waals surface area contributed by atoms with Crippen LogP contribution >= 0.6 is 0 Å². The van der Waals surface area contributed by atoms with Crippen molar-refractivity contribution in [2.75, 3.05) is 34.7 Å². The first-order chi connectivity index (χ1) is 16.3. The Labute approximate surface area is 202 Å². The van der Waals surface area contributed by atoms with Gasteiger partial charge in [-0.15, -0.1) is 0 Å². The number of Topliss-reactive ketones (excluding diaryl/α,β-unsaturated/α-hetero) is 2. The predicted molar refractivity (Wildman–Crippen MR) is 127 cm³/mol. The van der Waals surface area contributed by atoms with Crippen LogP contribution in [0.15, 0.2) is 29.0 Å². The fourth-order valence-corrected chi connectivity index (χ4v) is 5.89. The van der Waals surface area contributed by atoms with Crippen LogP contribution in [0.25, 0.3) is 5.76 Å². The molecule has 3 aliphatic rings. The van der Waals surface area contributed by atoms with Gasteiger partial charge < -0.3 is 31.1 Å². The van der Waals surface area contributed by atoms with Crippen molar-refractivity contribution >= 4 is 23.2 Å². The second-order valence-electron chi connectivity index (χ2n) is 10.1. The van der Waals surface area contributed by atoms with E-state index < -0.39 is 58.0 Å². The first kappa shape index (κ1) is 24.9. The number of primary amides is 1. The normalized spacial score (nSPS) is 28.4. The number of rotatable bonds is 5. The van der Waals surface area contributed by atoms with E-state index in [2.05, 4.69) is 0 Å². The minimum absolute atomic E-state index is 0.0779. The van der Waals surface area contributed by atoms with Gasteiger partial charge in [0.1, 0.15) is 22.8 Å². The molecule has 0 spiro atoms. The van der Waals surface area contributed by atoms with Gasteiger partial charge in [-0.05, 0) is 70.6 Å². The van der Waals surface area contributed by atoms with E-state index in [-0.39, 0.29) is 23.3 Å². The van der Waals surface area contributed by atoms with Crippen LogP contribution in [0.4, 0.5) is 0 Å². The standard InChI is InChI=1S/C25H31N3O7/c1-27(2)8-7-11-5-6-15(29)17-13(11)9-12-10-14-19(28(3)4)21(31)18(24(26)34)23(33)25(14,35)22(32)16(12)20(17)30/h5-6,12,14,19,29-30,33,35H,7-10H2,1-4H3,(H2,26,34)/t12-,14-,19-,25-/m0/s1. The van der Waals surface area contributed by atoms with Crippen LogP contribution in [0, 0.1) is 11.8 Å². The van der Waals surface area contributed by atoms with Crippen molar-refractivity contribution in [3.05, 3.63) is 45.7 Å². The van der Waals surface area contributed by atoms with E-state index in [0.717, 1.165) is 12.1 Å². The fourth-order valence-electron chi connectivity index (χ4n) is 5.89. The van der Waals surface area contributed by atoms with Crippen LogP contribution in [-0.4, -0.2) is 94.1 Å². The maximum Gasteiger partial charge on any atom is 0.255 e. The molecule has 1 saturated carbocycles. The Morgan fingerprint density at radius 1 is 1.14 bits per heavy atom. The van der Waals surface area contributed by atoms with E-state index in [1.807, 2.05) is 19.0 Å². The Kier molecular flexibility index (Phi) is 6.03.